The Labute approximate surface area is 155 Å². The van der Waals surface area contributed by atoms with Gasteiger partial charge in [-0.25, -0.2) is 0 Å². The van der Waals surface area contributed by atoms with Gasteiger partial charge in [-0.2, -0.15) is 13.2 Å². The summed E-state index contributed by atoms with van der Waals surface area (Å²) in [4.78, 5) is 22.5. The summed E-state index contributed by atoms with van der Waals surface area (Å²) in [6.45, 7) is 2.06. The van der Waals surface area contributed by atoms with Gasteiger partial charge in [-0.15, -0.1) is 0 Å². The van der Waals surface area contributed by atoms with E-state index in [1.165, 1.54) is 6.07 Å². The Balaban J connectivity index is 1.91. The predicted molar refractivity (Wildman–Crippen MR) is 94.3 cm³/mol. The molecule has 1 aromatic rings. The first kappa shape index (κ1) is 19.6. The Bertz CT molecular complexity index is 785. The topological polar surface area (TPSA) is 60.2 Å². The summed E-state index contributed by atoms with van der Waals surface area (Å²) in [5.74, 6) is 0.450. The maximum Gasteiger partial charge on any atom is 0.422 e. The van der Waals surface area contributed by atoms with E-state index in [0.29, 0.717) is 24.3 Å². The molecule has 1 fully saturated rings. The smallest absolute Gasteiger partial charge is 0.295 e. The average molecular weight is 381 g/mol. The number of allylic oxidation sites excluding steroid dienone is 2. The van der Waals surface area contributed by atoms with E-state index in [-0.39, 0.29) is 17.6 Å². The standard InChI is InChI=1S/C20H22F3NO3/c1-12-8-14(10-15(9-12)16-4-2-3-5-19(16)25)13-6-7-17(20(21,22)23)18(11-13)24(26)27/h4,6-7,11-12,14-15H,2-3,5,8-10H2,1H3. The average Bonchev–Trinajstić information content (AvgIpc) is 2.60. The molecule has 146 valence electrons. The second-order valence-corrected chi connectivity index (χ2v) is 7.71. The molecule has 1 aromatic carbocycles. The van der Waals surface area contributed by atoms with E-state index in [1.54, 1.807) is 0 Å². The number of hydrogen-bond acceptors (Lipinski definition) is 3. The van der Waals surface area contributed by atoms with Crippen LogP contribution in [0.2, 0.25) is 0 Å². The van der Waals surface area contributed by atoms with Crippen LogP contribution in [-0.2, 0) is 11.0 Å². The van der Waals surface area contributed by atoms with E-state index in [4.69, 9.17) is 0 Å². The molecular formula is C20H22F3NO3. The molecule has 0 bridgehead atoms. The van der Waals surface area contributed by atoms with Crippen LogP contribution in [0.3, 0.4) is 0 Å². The number of carbonyl (C=O) groups excluding carboxylic acids is 1. The van der Waals surface area contributed by atoms with E-state index < -0.39 is 22.4 Å². The number of Topliss-reactive ketones (excluding diaryl/α,β-unsaturated/α-hetero) is 1. The Morgan fingerprint density at radius 3 is 2.48 bits per heavy atom. The molecule has 3 unspecified atom stereocenters. The van der Waals surface area contributed by atoms with Crippen LogP contribution in [0.15, 0.2) is 29.8 Å². The molecule has 0 saturated heterocycles. The zero-order valence-corrected chi connectivity index (χ0v) is 15.1. The molecule has 27 heavy (non-hydrogen) atoms. The molecule has 0 aliphatic heterocycles. The van der Waals surface area contributed by atoms with Crippen LogP contribution in [0.4, 0.5) is 18.9 Å². The highest BCUT2D eigenvalue weighted by Gasteiger charge is 2.39. The van der Waals surface area contributed by atoms with Crippen molar-refractivity contribution in [2.45, 2.75) is 57.5 Å². The van der Waals surface area contributed by atoms with E-state index in [2.05, 4.69) is 6.92 Å². The Morgan fingerprint density at radius 1 is 1.15 bits per heavy atom. The molecule has 2 aliphatic rings. The highest BCUT2D eigenvalue weighted by molar-refractivity contribution is 5.96. The van der Waals surface area contributed by atoms with Gasteiger partial charge in [0.05, 0.1) is 4.92 Å². The molecule has 0 amide bonds. The SMILES string of the molecule is CC1CC(C2=CCCCC2=O)CC(c2ccc(C(F)(F)F)c([N+](=O)[O-])c2)C1. The molecule has 3 rings (SSSR count). The predicted octanol–water partition coefficient (Wildman–Crippen LogP) is 5.81. The van der Waals surface area contributed by atoms with E-state index >= 15 is 0 Å². The highest BCUT2D eigenvalue weighted by atomic mass is 19.4. The maximum atomic E-state index is 13.0. The van der Waals surface area contributed by atoms with Gasteiger partial charge in [0.25, 0.3) is 5.69 Å². The number of benzene rings is 1. The Hall–Kier alpha value is -2.18. The number of ketones is 1. The van der Waals surface area contributed by atoms with Crippen molar-refractivity contribution in [2.75, 3.05) is 0 Å². The van der Waals surface area contributed by atoms with E-state index in [9.17, 15) is 28.1 Å². The summed E-state index contributed by atoms with van der Waals surface area (Å²) >= 11 is 0. The van der Waals surface area contributed by atoms with Crippen LogP contribution in [0.25, 0.3) is 0 Å². The summed E-state index contributed by atoms with van der Waals surface area (Å²) in [6.07, 6.45) is 1.79. The third-order valence-corrected chi connectivity index (χ3v) is 5.67. The Kier molecular flexibility index (Phi) is 5.40. The van der Waals surface area contributed by atoms with Crippen molar-refractivity contribution in [3.05, 3.63) is 51.1 Å². The minimum absolute atomic E-state index is 0.0768. The summed E-state index contributed by atoms with van der Waals surface area (Å²) in [5, 5.41) is 11.2. The number of hydrogen-bond donors (Lipinski definition) is 0. The van der Waals surface area contributed by atoms with Gasteiger partial charge in [-0.05, 0) is 67.1 Å². The molecule has 7 heteroatoms. The minimum Gasteiger partial charge on any atom is -0.295 e. The third kappa shape index (κ3) is 4.22. The lowest BCUT2D eigenvalue weighted by Gasteiger charge is -2.35. The Morgan fingerprint density at radius 2 is 1.85 bits per heavy atom. The fourth-order valence-electron chi connectivity index (χ4n) is 4.50. The van der Waals surface area contributed by atoms with Crippen LogP contribution in [0.1, 0.15) is 62.5 Å². The molecule has 0 heterocycles. The van der Waals surface area contributed by atoms with Gasteiger partial charge in [0, 0.05) is 12.5 Å². The molecule has 0 spiro atoms. The van der Waals surface area contributed by atoms with Crippen LogP contribution in [0.5, 0.6) is 0 Å². The van der Waals surface area contributed by atoms with Gasteiger partial charge in [-0.3, -0.25) is 14.9 Å². The first-order valence-electron chi connectivity index (χ1n) is 9.25. The number of carbonyl (C=O) groups is 1. The number of nitrogens with zero attached hydrogens (tertiary/aromatic N) is 1. The molecule has 0 N–H and O–H groups in total. The second kappa shape index (κ2) is 7.44. The van der Waals surface area contributed by atoms with Gasteiger partial charge >= 0.3 is 6.18 Å². The number of nitro groups is 1. The summed E-state index contributed by atoms with van der Waals surface area (Å²) in [7, 11) is 0. The van der Waals surface area contributed by atoms with Crippen molar-refractivity contribution in [1.82, 2.24) is 0 Å². The molecule has 3 atom stereocenters. The van der Waals surface area contributed by atoms with Gasteiger partial charge < -0.3 is 0 Å². The van der Waals surface area contributed by atoms with Crippen LogP contribution in [-0.4, -0.2) is 10.7 Å². The quantitative estimate of drug-likeness (QED) is 0.490. The summed E-state index contributed by atoms with van der Waals surface area (Å²) in [5.41, 5.74) is -0.723. The monoisotopic (exact) mass is 381 g/mol. The lowest BCUT2D eigenvalue weighted by Crippen LogP contribution is -2.25. The molecule has 1 saturated carbocycles. The molecule has 2 aliphatic carbocycles. The minimum atomic E-state index is -4.76. The number of rotatable bonds is 3. The van der Waals surface area contributed by atoms with Gasteiger partial charge in [0.15, 0.2) is 5.78 Å². The molecule has 0 aromatic heterocycles. The molecule has 4 nitrogen and oxygen atoms in total. The fourth-order valence-corrected chi connectivity index (χ4v) is 4.50. The summed E-state index contributed by atoms with van der Waals surface area (Å²) < 4.78 is 39.1. The van der Waals surface area contributed by atoms with Crippen molar-refractivity contribution < 1.29 is 22.9 Å². The zero-order valence-electron chi connectivity index (χ0n) is 15.1. The van der Waals surface area contributed by atoms with E-state index in [0.717, 1.165) is 43.4 Å². The number of alkyl halides is 3. The first-order chi connectivity index (χ1) is 12.7. The highest BCUT2D eigenvalue weighted by Crippen LogP contribution is 2.45. The first-order valence-corrected chi connectivity index (χ1v) is 9.25. The van der Waals surface area contributed by atoms with Crippen molar-refractivity contribution in [1.29, 1.82) is 0 Å². The molecular weight excluding hydrogens is 359 g/mol. The van der Waals surface area contributed by atoms with Gasteiger partial charge in [0.1, 0.15) is 5.56 Å². The van der Waals surface area contributed by atoms with Gasteiger partial charge in [0.2, 0.25) is 0 Å². The second-order valence-electron chi connectivity index (χ2n) is 7.71. The molecule has 0 radical (unpaired) electrons. The van der Waals surface area contributed by atoms with Crippen molar-refractivity contribution in [2.24, 2.45) is 11.8 Å². The van der Waals surface area contributed by atoms with Crippen molar-refractivity contribution in [3.8, 4) is 0 Å². The van der Waals surface area contributed by atoms with E-state index in [1.807, 2.05) is 6.08 Å². The number of halogens is 3. The van der Waals surface area contributed by atoms with Crippen LogP contribution in [0, 0.1) is 22.0 Å². The van der Waals surface area contributed by atoms with Crippen LogP contribution < -0.4 is 0 Å². The van der Waals surface area contributed by atoms with Crippen molar-refractivity contribution in [3.63, 3.8) is 0 Å². The van der Waals surface area contributed by atoms with Gasteiger partial charge in [-0.1, -0.05) is 19.1 Å². The lowest BCUT2D eigenvalue weighted by molar-refractivity contribution is -0.388. The largest absolute Gasteiger partial charge is 0.422 e. The fraction of sp³-hybridized carbons (Fsp3) is 0.550. The maximum absolute atomic E-state index is 13.0. The summed E-state index contributed by atoms with van der Waals surface area (Å²) in [6, 6.07) is 3.24. The lowest BCUT2D eigenvalue weighted by atomic mass is 9.69. The normalized spacial score (nSPS) is 26.6. The zero-order chi connectivity index (χ0) is 19.8. The van der Waals surface area contributed by atoms with Crippen LogP contribution >= 0.6 is 0 Å². The van der Waals surface area contributed by atoms with Crippen molar-refractivity contribution >= 4 is 11.5 Å². The number of nitro benzene ring substituents is 1. The third-order valence-electron chi connectivity index (χ3n) is 5.67.